The lowest BCUT2D eigenvalue weighted by atomic mass is 9.75. The molecule has 4 rings (SSSR count). The van der Waals surface area contributed by atoms with Crippen molar-refractivity contribution in [2.45, 2.75) is 38.1 Å². The second-order valence-electron chi connectivity index (χ2n) is 7.29. The standard InChI is InChI=1S/C19H24N4O2/c1-22-9-16(8-20-22)19(15-6-17(24)7-15)21-18(25)12-23-10-13-4-2-3-5-14(13)11-23/h2-5,8-9,15,17,19,24H,6-7,10-12H2,1H3,(H,21,25). The zero-order chi connectivity index (χ0) is 17.4. The van der Waals surface area contributed by atoms with Crippen molar-refractivity contribution < 1.29 is 9.90 Å². The third-order valence-corrected chi connectivity index (χ3v) is 5.30. The fourth-order valence-corrected chi connectivity index (χ4v) is 3.91. The summed E-state index contributed by atoms with van der Waals surface area (Å²) in [5.74, 6) is 0.307. The summed E-state index contributed by atoms with van der Waals surface area (Å²) >= 11 is 0. The first-order valence-corrected chi connectivity index (χ1v) is 8.83. The second-order valence-corrected chi connectivity index (χ2v) is 7.29. The van der Waals surface area contributed by atoms with E-state index in [-0.39, 0.29) is 24.0 Å². The van der Waals surface area contributed by atoms with Gasteiger partial charge in [0.25, 0.3) is 0 Å². The van der Waals surface area contributed by atoms with Gasteiger partial charge in [0, 0.05) is 31.9 Å². The number of fused-ring (bicyclic) bond motifs is 1. The molecular formula is C19H24N4O2. The third-order valence-electron chi connectivity index (χ3n) is 5.30. The molecule has 1 atom stereocenters. The highest BCUT2D eigenvalue weighted by Crippen LogP contribution is 2.38. The summed E-state index contributed by atoms with van der Waals surface area (Å²) in [7, 11) is 1.87. The smallest absolute Gasteiger partial charge is 0.234 e. The van der Waals surface area contributed by atoms with Gasteiger partial charge in [0.2, 0.25) is 5.91 Å². The fourth-order valence-electron chi connectivity index (χ4n) is 3.91. The van der Waals surface area contributed by atoms with E-state index in [9.17, 15) is 9.90 Å². The summed E-state index contributed by atoms with van der Waals surface area (Å²) in [5, 5.41) is 17.0. The average Bonchev–Trinajstić information content (AvgIpc) is 3.15. The Kier molecular flexibility index (Phi) is 4.31. The van der Waals surface area contributed by atoms with Gasteiger partial charge in [0.05, 0.1) is 24.9 Å². The Morgan fingerprint density at radius 3 is 2.56 bits per heavy atom. The van der Waals surface area contributed by atoms with Gasteiger partial charge in [-0.05, 0) is 29.9 Å². The minimum absolute atomic E-state index is 0.0306. The molecule has 0 bridgehead atoms. The predicted molar refractivity (Wildman–Crippen MR) is 93.4 cm³/mol. The van der Waals surface area contributed by atoms with Gasteiger partial charge < -0.3 is 10.4 Å². The largest absolute Gasteiger partial charge is 0.393 e. The first-order chi connectivity index (χ1) is 12.1. The first kappa shape index (κ1) is 16.3. The molecule has 2 N–H and O–H groups in total. The maximum absolute atomic E-state index is 12.6. The molecule has 1 fully saturated rings. The monoisotopic (exact) mass is 340 g/mol. The Hall–Kier alpha value is -2.18. The van der Waals surface area contributed by atoms with Crippen molar-refractivity contribution in [1.82, 2.24) is 20.0 Å². The SMILES string of the molecule is Cn1cc(C(NC(=O)CN2Cc3ccccc3C2)C2CC(O)C2)cn1. The number of nitrogens with one attached hydrogen (secondary N) is 1. The Morgan fingerprint density at radius 1 is 1.32 bits per heavy atom. The lowest BCUT2D eigenvalue weighted by molar-refractivity contribution is -0.124. The molecule has 1 amide bonds. The number of nitrogens with zero attached hydrogens (tertiary/aromatic N) is 3. The summed E-state index contributed by atoms with van der Waals surface area (Å²) in [6.45, 7) is 2.04. The average molecular weight is 340 g/mol. The van der Waals surface area contributed by atoms with Crippen molar-refractivity contribution in [2.75, 3.05) is 6.54 Å². The van der Waals surface area contributed by atoms with E-state index in [0.29, 0.717) is 6.54 Å². The zero-order valence-corrected chi connectivity index (χ0v) is 14.4. The van der Waals surface area contributed by atoms with E-state index >= 15 is 0 Å². The molecule has 2 aromatic rings. The molecule has 0 spiro atoms. The molecule has 0 radical (unpaired) electrons. The van der Waals surface area contributed by atoms with E-state index in [2.05, 4.69) is 27.4 Å². The second kappa shape index (κ2) is 6.61. The van der Waals surface area contributed by atoms with E-state index < -0.39 is 0 Å². The molecule has 2 aliphatic rings. The van der Waals surface area contributed by atoms with Gasteiger partial charge in [0.15, 0.2) is 0 Å². The highest BCUT2D eigenvalue weighted by Gasteiger charge is 2.36. The molecule has 1 aromatic carbocycles. The molecule has 25 heavy (non-hydrogen) atoms. The lowest BCUT2D eigenvalue weighted by Crippen LogP contribution is -2.44. The van der Waals surface area contributed by atoms with Crippen LogP contribution in [0, 0.1) is 5.92 Å². The number of carbonyl (C=O) groups is 1. The summed E-state index contributed by atoms with van der Waals surface area (Å²) in [5.41, 5.74) is 3.62. The normalized spacial score (nSPS) is 23.8. The van der Waals surface area contributed by atoms with E-state index in [1.807, 2.05) is 25.4 Å². The lowest BCUT2D eigenvalue weighted by Gasteiger charge is -2.37. The van der Waals surface area contributed by atoms with Crippen LogP contribution in [0.3, 0.4) is 0 Å². The number of carbonyl (C=O) groups excluding carboxylic acids is 1. The molecule has 1 unspecified atom stereocenters. The molecule has 1 aliphatic heterocycles. The van der Waals surface area contributed by atoms with Crippen LogP contribution in [0.4, 0.5) is 0 Å². The number of aliphatic hydroxyl groups is 1. The molecule has 6 nitrogen and oxygen atoms in total. The number of aromatic nitrogens is 2. The Labute approximate surface area is 147 Å². The van der Waals surface area contributed by atoms with Crippen molar-refractivity contribution in [3.8, 4) is 0 Å². The Bertz CT molecular complexity index is 741. The van der Waals surface area contributed by atoms with Crippen LogP contribution in [0.1, 0.15) is 35.6 Å². The Morgan fingerprint density at radius 2 is 2.00 bits per heavy atom. The van der Waals surface area contributed by atoms with Crippen LogP contribution in [0.15, 0.2) is 36.7 Å². The van der Waals surface area contributed by atoms with E-state index in [4.69, 9.17) is 0 Å². The van der Waals surface area contributed by atoms with Gasteiger partial charge >= 0.3 is 0 Å². The number of hydrogen-bond acceptors (Lipinski definition) is 4. The summed E-state index contributed by atoms with van der Waals surface area (Å²) < 4.78 is 1.75. The van der Waals surface area contributed by atoms with E-state index in [1.165, 1.54) is 11.1 Å². The summed E-state index contributed by atoms with van der Waals surface area (Å²) in [4.78, 5) is 14.8. The van der Waals surface area contributed by atoms with Crippen molar-refractivity contribution in [2.24, 2.45) is 13.0 Å². The molecule has 6 heteroatoms. The highest BCUT2D eigenvalue weighted by molar-refractivity contribution is 5.78. The van der Waals surface area contributed by atoms with Crippen LogP contribution in [0.2, 0.25) is 0 Å². The number of amides is 1. The molecule has 132 valence electrons. The molecule has 1 aliphatic carbocycles. The number of rotatable bonds is 5. The van der Waals surface area contributed by atoms with Gasteiger partial charge in [0.1, 0.15) is 0 Å². The molecule has 1 aromatic heterocycles. The molecule has 0 saturated heterocycles. The van der Waals surface area contributed by atoms with Crippen molar-refractivity contribution in [1.29, 1.82) is 0 Å². The molecular weight excluding hydrogens is 316 g/mol. The summed E-state index contributed by atoms with van der Waals surface area (Å²) in [6.07, 6.45) is 4.97. The van der Waals surface area contributed by atoms with Gasteiger partial charge in [-0.2, -0.15) is 5.10 Å². The van der Waals surface area contributed by atoms with Crippen LogP contribution >= 0.6 is 0 Å². The van der Waals surface area contributed by atoms with Crippen molar-refractivity contribution in [3.63, 3.8) is 0 Å². The van der Waals surface area contributed by atoms with Gasteiger partial charge in [-0.15, -0.1) is 0 Å². The number of hydrogen-bond donors (Lipinski definition) is 2. The van der Waals surface area contributed by atoms with Gasteiger partial charge in [-0.3, -0.25) is 14.4 Å². The van der Waals surface area contributed by atoms with Gasteiger partial charge in [-0.25, -0.2) is 0 Å². The maximum atomic E-state index is 12.6. The van der Waals surface area contributed by atoms with E-state index in [0.717, 1.165) is 31.5 Å². The molecule has 1 saturated carbocycles. The quantitative estimate of drug-likeness (QED) is 0.862. The minimum atomic E-state index is -0.242. The van der Waals surface area contributed by atoms with Crippen LogP contribution in [0.25, 0.3) is 0 Å². The van der Waals surface area contributed by atoms with Crippen molar-refractivity contribution >= 4 is 5.91 Å². The van der Waals surface area contributed by atoms with Crippen LogP contribution in [-0.4, -0.2) is 38.3 Å². The van der Waals surface area contributed by atoms with Crippen LogP contribution in [0.5, 0.6) is 0 Å². The number of benzene rings is 1. The Balaban J connectivity index is 1.39. The van der Waals surface area contributed by atoms with Crippen LogP contribution < -0.4 is 5.32 Å². The minimum Gasteiger partial charge on any atom is -0.393 e. The third kappa shape index (κ3) is 3.45. The fraction of sp³-hybridized carbons (Fsp3) is 0.474. The first-order valence-electron chi connectivity index (χ1n) is 8.83. The van der Waals surface area contributed by atoms with Crippen LogP contribution in [-0.2, 0) is 24.9 Å². The highest BCUT2D eigenvalue weighted by atomic mass is 16.3. The molecule has 2 heterocycles. The summed E-state index contributed by atoms with van der Waals surface area (Å²) in [6, 6.07) is 8.27. The maximum Gasteiger partial charge on any atom is 0.234 e. The van der Waals surface area contributed by atoms with E-state index in [1.54, 1.807) is 10.9 Å². The topological polar surface area (TPSA) is 70.4 Å². The van der Waals surface area contributed by atoms with Gasteiger partial charge in [-0.1, -0.05) is 24.3 Å². The number of aliphatic hydroxyl groups excluding tert-OH is 1. The predicted octanol–water partition coefficient (Wildman–Crippen LogP) is 1.36. The van der Waals surface area contributed by atoms with Crippen molar-refractivity contribution in [3.05, 3.63) is 53.3 Å². The zero-order valence-electron chi connectivity index (χ0n) is 14.4. The number of aryl methyl sites for hydroxylation is 1.